The lowest BCUT2D eigenvalue weighted by Crippen LogP contribution is -2.45. The molecular formula is C4H10N4O2. The average molecular weight is 146 g/mol. The number of nitrogens with two attached hydrogens (primary N) is 3. The highest BCUT2D eigenvalue weighted by molar-refractivity contribution is 5.87. The lowest BCUT2D eigenvalue weighted by molar-refractivity contribution is -0.126. The molecule has 0 rings (SSSR count). The Kier molecular flexibility index (Phi) is 3.37. The number of rotatable bonds is 3. The molecule has 0 spiro atoms. The lowest BCUT2D eigenvalue weighted by atomic mass is 10.2. The van der Waals surface area contributed by atoms with Gasteiger partial charge in [-0.15, -0.1) is 0 Å². The maximum Gasteiger partial charge on any atom is 0.251 e. The summed E-state index contributed by atoms with van der Waals surface area (Å²) in [5.41, 5.74) is 11.7. The van der Waals surface area contributed by atoms with Gasteiger partial charge < -0.3 is 11.5 Å². The molecule has 0 bridgehead atoms. The van der Waals surface area contributed by atoms with Gasteiger partial charge in [0.1, 0.15) is 0 Å². The molecule has 7 N–H and O–H groups in total. The summed E-state index contributed by atoms with van der Waals surface area (Å²) in [6.07, 6.45) is -0.191. The van der Waals surface area contributed by atoms with Crippen LogP contribution in [0.3, 0.4) is 0 Å². The average Bonchev–Trinajstić information content (AvgIpc) is 1.85. The third-order valence-corrected chi connectivity index (χ3v) is 0.900. The molecule has 0 aromatic heterocycles. The normalized spacial score (nSPS) is 12.2. The molecule has 0 aromatic rings. The lowest BCUT2D eigenvalue weighted by Gasteiger charge is -2.05. The summed E-state index contributed by atoms with van der Waals surface area (Å²) in [5, 5.41) is 0. The van der Waals surface area contributed by atoms with Crippen molar-refractivity contribution in [3.8, 4) is 0 Å². The summed E-state index contributed by atoms with van der Waals surface area (Å²) >= 11 is 0. The highest BCUT2D eigenvalue weighted by Gasteiger charge is 2.13. The summed E-state index contributed by atoms with van der Waals surface area (Å²) < 4.78 is 0. The van der Waals surface area contributed by atoms with Gasteiger partial charge >= 0.3 is 0 Å². The molecule has 0 aliphatic rings. The topological polar surface area (TPSA) is 124 Å². The highest BCUT2D eigenvalue weighted by Crippen LogP contribution is 1.84. The molecule has 6 nitrogen and oxygen atoms in total. The van der Waals surface area contributed by atoms with Crippen LogP contribution in [0.25, 0.3) is 0 Å². The van der Waals surface area contributed by atoms with E-state index >= 15 is 0 Å². The number of hydrogen-bond acceptors (Lipinski definition) is 4. The minimum atomic E-state index is -0.942. The van der Waals surface area contributed by atoms with Gasteiger partial charge in [-0.1, -0.05) is 0 Å². The van der Waals surface area contributed by atoms with Crippen molar-refractivity contribution in [2.45, 2.75) is 12.5 Å². The van der Waals surface area contributed by atoms with Gasteiger partial charge in [-0.3, -0.25) is 15.0 Å². The first kappa shape index (κ1) is 8.86. The summed E-state index contributed by atoms with van der Waals surface area (Å²) in [7, 11) is 0. The van der Waals surface area contributed by atoms with Crippen molar-refractivity contribution in [2.75, 3.05) is 0 Å². The fourth-order valence-corrected chi connectivity index (χ4v) is 0.416. The van der Waals surface area contributed by atoms with Gasteiger partial charge in [0.25, 0.3) is 5.91 Å². The van der Waals surface area contributed by atoms with Gasteiger partial charge in [-0.25, -0.2) is 5.84 Å². The Morgan fingerprint density at radius 1 is 1.50 bits per heavy atom. The Balaban J connectivity index is 3.72. The standard InChI is InChI=1S/C4H10N4O2/c5-2(1-3(6)9)4(10)8-7/h2H,1,5,7H2,(H2,6,9)(H,8,10). The SMILES string of the molecule is NNC(=O)C(N)CC(N)=O. The predicted octanol–water partition coefficient (Wildman–Crippen LogP) is -2.82. The fraction of sp³-hybridized carbons (Fsp3) is 0.500. The molecule has 1 unspecified atom stereocenters. The minimum Gasteiger partial charge on any atom is -0.370 e. The number of hydrazine groups is 1. The van der Waals surface area contributed by atoms with Crippen molar-refractivity contribution in [3.63, 3.8) is 0 Å². The minimum absolute atomic E-state index is 0.191. The van der Waals surface area contributed by atoms with Crippen molar-refractivity contribution in [3.05, 3.63) is 0 Å². The van der Waals surface area contributed by atoms with Crippen molar-refractivity contribution < 1.29 is 9.59 Å². The van der Waals surface area contributed by atoms with Crippen molar-refractivity contribution in [1.29, 1.82) is 0 Å². The van der Waals surface area contributed by atoms with E-state index in [4.69, 9.17) is 17.3 Å². The first-order valence-corrected chi connectivity index (χ1v) is 2.62. The van der Waals surface area contributed by atoms with Crippen LogP contribution in [-0.4, -0.2) is 17.9 Å². The number of nitrogens with one attached hydrogen (secondary N) is 1. The molecule has 0 aromatic carbocycles. The summed E-state index contributed by atoms with van der Waals surface area (Å²) in [5.74, 6) is 3.49. The molecule has 0 heterocycles. The maximum absolute atomic E-state index is 10.5. The smallest absolute Gasteiger partial charge is 0.251 e. The van der Waals surface area contributed by atoms with Crippen molar-refractivity contribution >= 4 is 11.8 Å². The van der Waals surface area contributed by atoms with Gasteiger partial charge in [0.05, 0.1) is 12.5 Å². The molecule has 0 aliphatic carbocycles. The Bertz CT molecular complexity index is 146. The van der Waals surface area contributed by atoms with Gasteiger partial charge in [-0.2, -0.15) is 0 Å². The number of carbonyl (C=O) groups excluding carboxylic acids is 2. The Hall–Kier alpha value is -1.14. The molecule has 0 saturated carbocycles. The molecular weight excluding hydrogens is 136 g/mol. The third kappa shape index (κ3) is 3.00. The van der Waals surface area contributed by atoms with Crippen molar-refractivity contribution in [1.82, 2.24) is 5.43 Å². The van der Waals surface area contributed by atoms with Crippen LogP contribution in [-0.2, 0) is 9.59 Å². The van der Waals surface area contributed by atoms with Crippen LogP contribution in [0.2, 0.25) is 0 Å². The second kappa shape index (κ2) is 3.80. The molecule has 10 heavy (non-hydrogen) atoms. The molecule has 0 aliphatic heterocycles. The van der Waals surface area contributed by atoms with Crippen LogP contribution in [0.1, 0.15) is 6.42 Å². The van der Waals surface area contributed by atoms with E-state index in [2.05, 4.69) is 0 Å². The van der Waals surface area contributed by atoms with Crippen LogP contribution >= 0.6 is 0 Å². The number of primary amides is 1. The number of hydrogen-bond donors (Lipinski definition) is 4. The molecule has 58 valence electrons. The first-order chi connectivity index (χ1) is 4.57. The predicted molar refractivity (Wildman–Crippen MR) is 34.1 cm³/mol. The van der Waals surface area contributed by atoms with Crippen LogP contribution < -0.4 is 22.7 Å². The zero-order valence-electron chi connectivity index (χ0n) is 5.33. The van der Waals surface area contributed by atoms with E-state index in [1.165, 1.54) is 0 Å². The van der Waals surface area contributed by atoms with Crippen LogP contribution in [0.5, 0.6) is 0 Å². The summed E-state index contributed by atoms with van der Waals surface area (Å²) in [4.78, 5) is 20.6. The second-order valence-electron chi connectivity index (χ2n) is 1.79. The van der Waals surface area contributed by atoms with E-state index in [1.54, 1.807) is 5.43 Å². The monoisotopic (exact) mass is 146 g/mol. The number of amides is 2. The van der Waals surface area contributed by atoms with Crippen molar-refractivity contribution in [2.24, 2.45) is 17.3 Å². The van der Waals surface area contributed by atoms with Gasteiger partial charge in [0.15, 0.2) is 0 Å². The van der Waals surface area contributed by atoms with E-state index in [0.717, 1.165) is 0 Å². The van der Waals surface area contributed by atoms with Gasteiger partial charge in [-0.05, 0) is 0 Å². The Morgan fingerprint density at radius 3 is 2.30 bits per heavy atom. The van der Waals surface area contributed by atoms with E-state index in [1.807, 2.05) is 0 Å². The Labute approximate surface area is 57.7 Å². The van der Waals surface area contributed by atoms with Crippen LogP contribution in [0.4, 0.5) is 0 Å². The fourth-order valence-electron chi connectivity index (χ4n) is 0.416. The molecule has 2 amide bonds. The maximum atomic E-state index is 10.5. The molecule has 1 atom stereocenters. The number of carbonyl (C=O) groups is 2. The third-order valence-electron chi connectivity index (χ3n) is 0.900. The molecule has 0 radical (unpaired) electrons. The second-order valence-corrected chi connectivity index (χ2v) is 1.79. The zero-order chi connectivity index (χ0) is 8.15. The van der Waals surface area contributed by atoms with E-state index in [9.17, 15) is 9.59 Å². The first-order valence-electron chi connectivity index (χ1n) is 2.62. The molecule has 6 heteroatoms. The van der Waals surface area contributed by atoms with E-state index in [-0.39, 0.29) is 6.42 Å². The summed E-state index contributed by atoms with van der Waals surface area (Å²) in [6, 6.07) is -0.942. The quantitative estimate of drug-likeness (QED) is 0.195. The molecule has 0 saturated heterocycles. The Morgan fingerprint density at radius 2 is 2.00 bits per heavy atom. The largest absolute Gasteiger partial charge is 0.370 e. The van der Waals surface area contributed by atoms with Crippen LogP contribution in [0.15, 0.2) is 0 Å². The van der Waals surface area contributed by atoms with Crippen LogP contribution in [0, 0.1) is 0 Å². The zero-order valence-corrected chi connectivity index (χ0v) is 5.33. The van der Waals surface area contributed by atoms with E-state index in [0.29, 0.717) is 0 Å². The highest BCUT2D eigenvalue weighted by atomic mass is 16.2. The summed E-state index contributed by atoms with van der Waals surface area (Å²) in [6.45, 7) is 0. The van der Waals surface area contributed by atoms with Gasteiger partial charge in [0, 0.05) is 0 Å². The van der Waals surface area contributed by atoms with E-state index < -0.39 is 17.9 Å². The molecule has 0 fully saturated rings. The van der Waals surface area contributed by atoms with Gasteiger partial charge in [0.2, 0.25) is 5.91 Å².